The topological polar surface area (TPSA) is 89.3 Å². The lowest BCUT2D eigenvalue weighted by atomic mass is 10.2. The van der Waals surface area contributed by atoms with Crippen LogP contribution in [0, 0.1) is 0 Å². The van der Waals surface area contributed by atoms with Gasteiger partial charge in [0.25, 0.3) is 0 Å². The molecule has 0 unspecified atom stereocenters. The number of hydrogen-bond donors (Lipinski definition) is 3. The summed E-state index contributed by atoms with van der Waals surface area (Å²) in [4.78, 5) is 11.2. The fourth-order valence-corrected chi connectivity index (χ4v) is 1.13. The maximum atomic E-state index is 10.6. The minimum Gasteiger partial charge on any atom is -0.478 e. The fourth-order valence-electron chi connectivity index (χ4n) is 0.794. The summed E-state index contributed by atoms with van der Waals surface area (Å²) in [6.45, 7) is 0. The van der Waals surface area contributed by atoms with Crippen molar-refractivity contribution in [2.75, 3.05) is 5.73 Å². The third kappa shape index (κ3) is 1.69. The maximum Gasteiger partial charge on any atom is 0.337 e. The zero-order chi connectivity index (χ0) is 9.14. The molecule has 0 bridgehead atoms. The van der Waals surface area contributed by atoms with Crippen LogP contribution < -0.4 is 10.9 Å². The van der Waals surface area contributed by atoms with Crippen LogP contribution in [0.2, 0.25) is 0 Å². The van der Waals surface area contributed by atoms with Gasteiger partial charge in [0.2, 0.25) is 0 Å². The third-order valence-electron chi connectivity index (χ3n) is 1.39. The monoisotopic (exact) mass is 184 g/mol. The average molecular weight is 184 g/mol. The van der Waals surface area contributed by atoms with E-state index in [1.54, 1.807) is 6.07 Å². The van der Waals surface area contributed by atoms with Crippen LogP contribution in [0.4, 0.5) is 5.69 Å². The molecular formula is C7H8N2O2S. The summed E-state index contributed by atoms with van der Waals surface area (Å²) in [5, 5.41) is 13.9. The predicted molar refractivity (Wildman–Crippen MR) is 47.9 cm³/mol. The van der Waals surface area contributed by atoms with E-state index in [0.29, 0.717) is 4.90 Å². The highest BCUT2D eigenvalue weighted by atomic mass is 32.2. The van der Waals surface area contributed by atoms with Crippen molar-refractivity contribution in [3.63, 3.8) is 0 Å². The Bertz CT molecular complexity index is 314. The molecule has 64 valence electrons. The molecule has 4 nitrogen and oxygen atoms in total. The molecule has 5 N–H and O–H groups in total. The summed E-state index contributed by atoms with van der Waals surface area (Å²) in [5.41, 5.74) is 5.75. The highest BCUT2D eigenvalue weighted by Crippen LogP contribution is 2.19. The standard InChI is InChI=1S/C7H8N2O2S/c8-6-2-1-4(12-9)3-5(6)7(10)11/h1-3H,8-9H2,(H,10,11). The van der Waals surface area contributed by atoms with Crippen molar-refractivity contribution in [1.29, 1.82) is 0 Å². The van der Waals surface area contributed by atoms with Gasteiger partial charge in [-0.15, -0.1) is 0 Å². The number of carbonyl (C=O) groups is 1. The van der Waals surface area contributed by atoms with Crippen LogP contribution in [0.3, 0.4) is 0 Å². The molecule has 0 aliphatic carbocycles. The lowest BCUT2D eigenvalue weighted by Gasteiger charge is -2.01. The largest absolute Gasteiger partial charge is 0.478 e. The van der Waals surface area contributed by atoms with Gasteiger partial charge in [-0.25, -0.2) is 4.79 Å². The minimum atomic E-state index is -1.04. The SMILES string of the molecule is NSc1ccc(N)c(C(=O)O)c1. The van der Waals surface area contributed by atoms with Gasteiger partial charge in [-0.1, -0.05) is 0 Å². The Morgan fingerprint density at radius 3 is 2.67 bits per heavy atom. The van der Waals surface area contributed by atoms with Gasteiger partial charge in [0, 0.05) is 10.6 Å². The van der Waals surface area contributed by atoms with E-state index < -0.39 is 5.97 Å². The number of rotatable bonds is 2. The maximum absolute atomic E-state index is 10.6. The molecule has 0 amide bonds. The summed E-state index contributed by atoms with van der Waals surface area (Å²) in [6.07, 6.45) is 0. The van der Waals surface area contributed by atoms with Crippen LogP contribution >= 0.6 is 11.9 Å². The molecule has 0 aliphatic heterocycles. The van der Waals surface area contributed by atoms with Gasteiger partial charge in [-0.05, 0) is 30.1 Å². The summed E-state index contributed by atoms with van der Waals surface area (Å²) < 4.78 is 0. The Morgan fingerprint density at radius 2 is 2.17 bits per heavy atom. The number of nitrogens with two attached hydrogens (primary N) is 2. The zero-order valence-electron chi connectivity index (χ0n) is 6.15. The average Bonchev–Trinajstić information content (AvgIpc) is 2.05. The van der Waals surface area contributed by atoms with E-state index in [0.717, 1.165) is 11.9 Å². The number of nitrogen functional groups attached to an aromatic ring is 1. The van der Waals surface area contributed by atoms with Crippen LogP contribution in [-0.2, 0) is 0 Å². The Hall–Kier alpha value is -1.20. The van der Waals surface area contributed by atoms with Crippen LogP contribution in [0.25, 0.3) is 0 Å². The quantitative estimate of drug-likeness (QED) is 0.470. The smallest absolute Gasteiger partial charge is 0.337 e. The second-order valence-corrected chi connectivity index (χ2v) is 2.88. The van der Waals surface area contributed by atoms with Gasteiger partial charge in [-0.2, -0.15) is 0 Å². The van der Waals surface area contributed by atoms with Crippen LogP contribution in [0.1, 0.15) is 10.4 Å². The number of carboxylic acids is 1. The molecule has 0 heterocycles. The Morgan fingerprint density at radius 1 is 1.50 bits per heavy atom. The molecule has 0 saturated carbocycles. The summed E-state index contributed by atoms with van der Waals surface area (Å²) >= 11 is 0.990. The molecule has 0 atom stereocenters. The number of carboxylic acid groups (broad SMARTS) is 1. The van der Waals surface area contributed by atoms with E-state index in [-0.39, 0.29) is 11.3 Å². The van der Waals surface area contributed by atoms with Gasteiger partial charge >= 0.3 is 5.97 Å². The van der Waals surface area contributed by atoms with E-state index >= 15 is 0 Å². The second-order valence-electron chi connectivity index (χ2n) is 2.17. The van der Waals surface area contributed by atoms with Crippen molar-refractivity contribution >= 4 is 23.6 Å². The van der Waals surface area contributed by atoms with Crippen molar-refractivity contribution in [2.45, 2.75) is 4.90 Å². The number of hydrogen-bond acceptors (Lipinski definition) is 4. The number of aromatic carboxylic acids is 1. The molecular weight excluding hydrogens is 176 g/mol. The molecule has 1 aromatic carbocycles. The normalized spacial score (nSPS) is 9.75. The molecule has 1 rings (SSSR count). The Kier molecular flexibility index (Phi) is 2.57. The first-order valence-corrected chi connectivity index (χ1v) is 4.02. The lowest BCUT2D eigenvalue weighted by molar-refractivity contribution is 0.0698. The molecule has 0 aliphatic rings. The lowest BCUT2D eigenvalue weighted by Crippen LogP contribution is -2.02. The highest BCUT2D eigenvalue weighted by Gasteiger charge is 2.07. The van der Waals surface area contributed by atoms with E-state index in [9.17, 15) is 4.79 Å². The first-order valence-electron chi connectivity index (χ1n) is 3.14. The first kappa shape index (κ1) is 8.89. The molecule has 0 aromatic heterocycles. The number of anilines is 1. The van der Waals surface area contributed by atoms with Crippen molar-refractivity contribution in [3.05, 3.63) is 23.8 Å². The third-order valence-corrected chi connectivity index (χ3v) is 1.92. The molecule has 0 radical (unpaired) electrons. The van der Waals surface area contributed by atoms with Gasteiger partial charge in [0.05, 0.1) is 5.56 Å². The van der Waals surface area contributed by atoms with Crippen LogP contribution in [0.5, 0.6) is 0 Å². The van der Waals surface area contributed by atoms with Crippen molar-refractivity contribution in [1.82, 2.24) is 0 Å². The Balaban J connectivity index is 3.17. The molecule has 0 spiro atoms. The van der Waals surface area contributed by atoms with Crippen LogP contribution in [-0.4, -0.2) is 11.1 Å². The van der Waals surface area contributed by atoms with Gasteiger partial charge in [0.1, 0.15) is 0 Å². The molecule has 0 saturated heterocycles. The number of benzene rings is 1. The van der Waals surface area contributed by atoms with Gasteiger partial charge in [0.15, 0.2) is 0 Å². The molecule has 5 heteroatoms. The second kappa shape index (κ2) is 3.46. The van der Waals surface area contributed by atoms with Crippen molar-refractivity contribution in [3.8, 4) is 0 Å². The molecule has 12 heavy (non-hydrogen) atoms. The molecule has 0 fully saturated rings. The minimum absolute atomic E-state index is 0.0884. The van der Waals surface area contributed by atoms with E-state index in [4.69, 9.17) is 16.0 Å². The van der Waals surface area contributed by atoms with Crippen molar-refractivity contribution < 1.29 is 9.90 Å². The van der Waals surface area contributed by atoms with E-state index in [2.05, 4.69) is 0 Å². The van der Waals surface area contributed by atoms with Gasteiger partial charge in [-0.3, -0.25) is 5.14 Å². The Labute approximate surface area is 73.7 Å². The zero-order valence-corrected chi connectivity index (χ0v) is 6.97. The first-order chi connectivity index (χ1) is 5.65. The van der Waals surface area contributed by atoms with E-state index in [1.165, 1.54) is 12.1 Å². The van der Waals surface area contributed by atoms with Gasteiger partial charge < -0.3 is 10.8 Å². The summed E-state index contributed by atoms with van der Waals surface area (Å²) in [6, 6.07) is 4.65. The molecule has 1 aromatic rings. The van der Waals surface area contributed by atoms with E-state index in [1.807, 2.05) is 0 Å². The highest BCUT2D eigenvalue weighted by molar-refractivity contribution is 7.97. The predicted octanol–water partition coefficient (Wildman–Crippen LogP) is 0.933. The summed E-state index contributed by atoms with van der Waals surface area (Å²) in [7, 11) is 0. The van der Waals surface area contributed by atoms with Crippen LogP contribution in [0.15, 0.2) is 23.1 Å². The summed E-state index contributed by atoms with van der Waals surface area (Å²) in [5.74, 6) is -1.04. The van der Waals surface area contributed by atoms with Crippen molar-refractivity contribution in [2.24, 2.45) is 5.14 Å². The fraction of sp³-hybridized carbons (Fsp3) is 0.